The van der Waals surface area contributed by atoms with E-state index in [4.69, 9.17) is 16.3 Å². The number of nitrogens with zero attached hydrogens (tertiary/aromatic N) is 2. The van der Waals surface area contributed by atoms with Crippen molar-refractivity contribution in [1.29, 1.82) is 0 Å². The molecule has 1 atom stereocenters. The predicted octanol–water partition coefficient (Wildman–Crippen LogP) is 3.04. The first-order chi connectivity index (χ1) is 9.17. The number of aromatic nitrogens is 2. The highest BCUT2D eigenvalue weighted by Gasteiger charge is 2.19. The molecule has 0 spiro atoms. The van der Waals surface area contributed by atoms with Crippen LogP contribution in [-0.2, 0) is 6.54 Å². The van der Waals surface area contributed by atoms with Gasteiger partial charge in [0.25, 0.3) is 0 Å². The van der Waals surface area contributed by atoms with Crippen LogP contribution in [0, 0.1) is 0 Å². The maximum atomic E-state index is 10.4. The largest absolute Gasteiger partial charge is 0.497 e. The molecule has 19 heavy (non-hydrogen) atoms. The maximum Gasteiger partial charge on any atom is 0.122 e. The number of hydrogen-bond acceptors (Lipinski definition) is 3. The third kappa shape index (κ3) is 2.91. The molecule has 1 aromatic heterocycles. The van der Waals surface area contributed by atoms with E-state index in [1.807, 2.05) is 24.3 Å². The molecule has 5 heteroatoms. The highest BCUT2D eigenvalue weighted by molar-refractivity contribution is 6.31. The molecule has 0 saturated carbocycles. The van der Waals surface area contributed by atoms with Gasteiger partial charge in [-0.25, -0.2) is 0 Å². The highest BCUT2D eigenvalue weighted by Crippen LogP contribution is 2.29. The number of methoxy groups -OCH3 is 1. The second-order valence-corrected chi connectivity index (χ2v) is 4.68. The molecule has 4 nitrogen and oxygen atoms in total. The van der Waals surface area contributed by atoms with Crippen molar-refractivity contribution in [1.82, 2.24) is 9.78 Å². The van der Waals surface area contributed by atoms with Crippen molar-refractivity contribution < 1.29 is 9.84 Å². The Morgan fingerprint density at radius 3 is 2.63 bits per heavy atom. The zero-order chi connectivity index (χ0) is 13.8. The predicted molar refractivity (Wildman–Crippen MR) is 74.6 cm³/mol. The molecule has 0 aliphatic rings. The second kappa shape index (κ2) is 6.08. The summed E-state index contributed by atoms with van der Waals surface area (Å²) in [5.74, 6) is 0.754. The average Bonchev–Trinajstić information content (AvgIpc) is 2.80. The Hall–Kier alpha value is -1.52. The topological polar surface area (TPSA) is 47.3 Å². The minimum atomic E-state index is -0.785. The fourth-order valence-electron chi connectivity index (χ4n) is 1.98. The summed E-state index contributed by atoms with van der Waals surface area (Å²) >= 11 is 6.12. The van der Waals surface area contributed by atoms with Gasteiger partial charge in [-0.05, 0) is 24.1 Å². The molecule has 2 rings (SSSR count). The first-order valence-electron chi connectivity index (χ1n) is 6.20. The van der Waals surface area contributed by atoms with Gasteiger partial charge >= 0.3 is 0 Å². The fraction of sp³-hybridized carbons (Fsp3) is 0.357. The Bertz CT molecular complexity index is 537. The zero-order valence-electron chi connectivity index (χ0n) is 11.0. The minimum absolute atomic E-state index is 0.483. The number of aliphatic hydroxyl groups excluding tert-OH is 1. The molecule has 0 saturated heterocycles. The van der Waals surface area contributed by atoms with Crippen LogP contribution in [0.15, 0.2) is 30.5 Å². The van der Waals surface area contributed by atoms with Gasteiger partial charge in [-0.3, -0.25) is 4.68 Å². The van der Waals surface area contributed by atoms with Crippen LogP contribution in [0.3, 0.4) is 0 Å². The quantitative estimate of drug-likeness (QED) is 0.916. The molecule has 102 valence electrons. The van der Waals surface area contributed by atoms with Gasteiger partial charge in [0.15, 0.2) is 0 Å². The third-order valence-corrected chi connectivity index (χ3v) is 3.25. The fourth-order valence-corrected chi connectivity index (χ4v) is 2.22. The number of rotatable bonds is 5. The van der Waals surface area contributed by atoms with Crippen LogP contribution < -0.4 is 4.74 Å². The lowest BCUT2D eigenvalue weighted by atomic mass is 10.1. The van der Waals surface area contributed by atoms with Gasteiger partial charge in [-0.15, -0.1) is 0 Å². The van der Waals surface area contributed by atoms with Crippen LogP contribution in [0.25, 0.3) is 0 Å². The number of halogens is 1. The van der Waals surface area contributed by atoms with Crippen molar-refractivity contribution >= 4 is 11.6 Å². The summed E-state index contributed by atoms with van der Waals surface area (Å²) in [6.07, 6.45) is 1.71. The molecule has 0 aliphatic heterocycles. The monoisotopic (exact) mass is 280 g/mol. The molecule has 1 aromatic carbocycles. The Morgan fingerprint density at radius 2 is 2.05 bits per heavy atom. The van der Waals surface area contributed by atoms with Gasteiger partial charge < -0.3 is 9.84 Å². The molecule has 0 bridgehead atoms. The van der Waals surface area contributed by atoms with Gasteiger partial charge in [0.05, 0.1) is 24.0 Å². The van der Waals surface area contributed by atoms with Gasteiger partial charge in [0, 0.05) is 6.54 Å². The van der Waals surface area contributed by atoms with Gasteiger partial charge in [0.1, 0.15) is 11.9 Å². The minimum Gasteiger partial charge on any atom is -0.497 e. The third-order valence-electron chi connectivity index (χ3n) is 2.96. The second-order valence-electron chi connectivity index (χ2n) is 4.28. The Labute approximate surface area is 117 Å². The summed E-state index contributed by atoms with van der Waals surface area (Å²) in [4.78, 5) is 0. The van der Waals surface area contributed by atoms with E-state index >= 15 is 0 Å². The van der Waals surface area contributed by atoms with Crippen molar-refractivity contribution in [3.8, 4) is 5.75 Å². The summed E-state index contributed by atoms with van der Waals surface area (Å²) in [6, 6.07) is 7.27. The van der Waals surface area contributed by atoms with Crippen LogP contribution in [0.2, 0.25) is 5.02 Å². The number of hydrogen-bond donors (Lipinski definition) is 1. The molecular formula is C14H17ClN2O2. The van der Waals surface area contributed by atoms with Crippen molar-refractivity contribution in [2.45, 2.75) is 26.0 Å². The molecule has 1 heterocycles. The van der Waals surface area contributed by atoms with E-state index in [2.05, 4.69) is 12.0 Å². The Balaban J connectivity index is 2.31. The maximum absolute atomic E-state index is 10.4. The van der Waals surface area contributed by atoms with E-state index in [0.29, 0.717) is 10.7 Å². The molecule has 2 aromatic rings. The van der Waals surface area contributed by atoms with Crippen LogP contribution in [0.5, 0.6) is 5.75 Å². The first-order valence-corrected chi connectivity index (χ1v) is 6.58. The van der Waals surface area contributed by atoms with E-state index in [1.165, 1.54) is 0 Å². The molecule has 1 unspecified atom stereocenters. The van der Waals surface area contributed by atoms with E-state index in [0.717, 1.165) is 24.3 Å². The first kappa shape index (κ1) is 13.9. The van der Waals surface area contributed by atoms with Crippen LogP contribution in [-0.4, -0.2) is 22.0 Å². The lowest BCUT2D eigenvalue weighted by Gasteiger charge is -2.14. The van der Waals surface area contributed by atoms with E-state index in [1.54, 1.807) is 18.0 Å². The van der Waals surface area contributed by atoms with Crippen molar-refractivity contribution in [3.63, 3.8) is 0 Å². The lowest BCUT2D eigenvalue weighted by molar-refractivity contribution is 0.207. The lowest BCUT2D eigenvalue weighted by Crippen LogP contribution is -2.10. The molecule has 0 fully saturated rings. The van der Waals surface area contributed by atoms with Crippen LogP contribution in [0.4, 0.5) is 0 Å². The number of benzene rings is 1. The number of aryl methyl sites for hydroxylation is 1. The standard InChI is InChI=1S/C14H17ClN2O2/c1-3-8-17-13(12(15)9-16-17)14(18)10-4-6-11(19-2)7-5-10/h4-7,9,14,18H,3,8H2,1-2H3. The molecule has 1 N–H and O–H groups in total. The van der Waals surface area contributed by atoms with Gasteiger partial charge in [0.2, 0.25) is 0 Å². The molecule has 0 radical (unpaired) electrons. The molecule has 0 amide bonds. The summed E-state index contributed by atoms with van der Waals surface area (Å²) in [7, 11) is 1.61. The van der Waals surface area contributed by atoms with Gasteiger partial charge in [-0.2, -0.15) is 5.10 Å². The van der Waals surface area contributed by atoms with E-state index < -0.39 is 6.10 Å². The Morgan fingerprint density at radius 1 is 1.37 bits per heavy atom. The number of ether oxygens (including phenoxy) is 1. The molecular weight excluding hydrogens is 264 g/mol. The van der Waals surface area contributed by atoms with Crippen molar-refractivity contribution in [2.24, 2.45) is 0 Å². The summed E-state index contributed by atoms with van der Waals surface area (Å²) in [5.41, 5.74) is 1.40. The SMILES string of the molecule is CCCn1ncc(Cl)c1C(O)c1ccc(OC)cc1. The van der Waals surface area contributed by atoms with E-state index in [9.17, 15) is 5.11 Å². The summed E-state index contributed by atoms with van der Waals surface area (Å²) in [6.45, 7) is 2.79. The number of aliphatic hydroxyl groups is 1. The zero-order valence-corrected chi connectivity index (χ0v) is 11.8. The van der Waals surface area contributed by atoms with Crippen LogP contribution in [0.1, 0.15) is 30.7 Å². The highest BCUT2D eigenvalue weighted by atomic mass is 35.5. The Kier molecular flexibility index (Phi) is 4.45. The summed E-state index contributed by atoms with van der Waals surface area (Å²) in [5, 5.41) is 15.1. The average molecular weight is 281 g/mol. The summed E-state index contributed by atoms with van der Waals surface area (Å²) < 4.78 is 6.85. The van der Waals surface area contributed by atoms with Crippen molar-refractivity contribution in [2.75, 3.05) is 7.11 Å². The molecule has 0 aliphatic carbocycles. The van der Waals surface area contributed by atoms with E-state index in [-0.39, 0.29) is 0 Å². The van der Waals surface area contributed by atoms with Crippen LogP contribution >= 0.6 is 11.6 Å². The normalized spacial score (nSPS) is 12.4. The van der Waals surface area contributed by atoms with Crippen molar-refractivity contribution in [3.05, 3.63) is 46.7 Å². The van der Waals surface area contributed by atoms with Gasteiger partial charge in [-0.1, -0.05) is 30.7 Å². The smallest absolute Gasteiger partial charge is 0.122 e.